The average molecular weight is 475 g/mol. The topological polar surface area (TPSA) is 54.9 Å². The van der Waals surface area contributed by atoms with E-state index in [-0.39, 0.29) is 24.0 Å². The van der Waals surface area contributed by atoms with Gasteiger partial charge in [0.25, 0.3) is 0 Å². The van der Waals surface area contributed by atoms with Gasteiger partial charge in [-0.3, -0.25) is 4.99 Å². The molecule has 6 heteroatoms. The minimum Gasteiger partial charge on any atom is -0.491 e. The highest BCUT2D eigenvalue weighted by atomic mass is 127. The summed E-state index contributed by atoms with van der Waals surface area (Å²) >= 11 is 0. The van der Waals surface area contributed by atoms with Crippen molar-refractivity contribution in [3.63, 3.8) is 0 Å². The summed E-state index contributed by atoms with van der Waals surface area (Å²) in [5.41, 5.74) is 1.50. The first-order chi connectivity index (χ1) is 12.2. The summed E-state index contributed by atoms with van der Waals surface area (Å²) in [4.78, 5) is 4.81. The molecule has 148 valence electrons. The van der Waals surface area contributed by atoms with Crippen molar-refractivity contribution in [1.29, 1.82) is 0 Å². The Kier molecular flexibility index (Phi) is 11.0. The van der Waals surface area contributed by atoms with Crippen molar-refractivity contribution in [3.8, 4) is 5.75 Å². The Morgan fingerprint density at radius 3 is 2.58 bits per heavy atom. The number of guanidine groups is 1. The number of rotatable bonds is 10. The van der Waals surface area contributed by atoms with E-state index in [9.17, 15) is 0 Å². The van der Waals surface area contributed by atoms with E-state index in [0.717, 1.165) is 49.9 Å². The predicted molar refractivity (Wildman–Crippen MR) is 119 cm³/mol. The molecular weight excluding hydrogens is 441 g/mol. The molecule has 2 N–H and O–H groups in total. The van der Waals surface area contributed by atoms with Gasteiger partial charge in [-0.25, -0.2) is 0 Å². The first-order valence-electron chi connectivity index (χ1n) is 9.39. The maximum Gasteiger partial charge on any atom is 0.191 e. The zero-order valence-electron chi connectivity index (χ0n) is 16.3. The largest absolute Gasteiger partial charge is 0.491 e. The summed E-state index contributed by atoms with van der Waals surface area (Å²) in [5, 5.41) is 6.69. The maximum atomic E-state index is 5.83. The van der Waals surface area contributed by atoms with Gasteiger partial charge in [0.1, 0.15) is 12.4 Å². The van der Waals surface area contributed by atoms with Gasteiger partial charge in [0, 0.05) is 26.8 Å². The van der Waals surface area contributed by atoms with E-state index in [1.807, 2.05) is 18.2 Å². The van der Waals surface area contributed by atoms with Gasteiger partial charge in [-0.2, -0.15) is 0 Å². The van der Waals surface area contributed by atoms with E-state index < -0.39 is 0 Å². The molecule has 0 aromatic heterocycles. The van der Waals surface area contributed by atoms with Crippen molar-refractivity contribution >= 4 is 29.9 Å². The standard InChI is InChI=1S/C20H33N3O2.HI/c1-4-21-19(23-16-20(10-7-11-20)12-14-24-3)22-13-15-25-18-9-6-5-8-17(18)2;/h5-6,8-9H,4,7,10-16H2,1-3H3,(H2,21,22,23);1H. The van der Waals surface area contributed by atoms with Gasteiger partial charge in [-0.1, -0.05) is 24.6 Å². The molecule has 2 rings (SSSR count). The van der Waals surface area contributed by atoms with Crippen LogP contribution in [0, 0.1) is 12.3 Å². The van der Waals surface area contributed by atoms with Crippen molar-refractivity contribution in [2.24, 2.45) is 10.4 Å². The second-order valence-electron chi connectivity index (χ2n) is 6.83. The van der Waals surface area contributed by atoms with Crippen LogP contribution in [0.3, 0.4) is 0 Å². The number of halogens is 1. The number of ether oxygens (including phenoxy) is 2. The third kappa shape index (κ3) is 7.31. The lowest BCUT2D eigenvalue weighted by atomic mass is 9.67. The van der Waals surface area contributed by atoms with E-state index in [1.54, 1.807) is 7.11 Å². The summed E-state index contributed by atoms with van der Waals surface area (Å²) in [5.74, 6) is 1.82. The molecule has 0 amide bonds. The van der Waals surface area contributed by atoms with Crippen LogP contribution in [0.5, 0.6) is 5.75 Å². The fourth-order valence-corrected chi connectivity index (χ4v) is 3.12. The highest BCUT2D eigenvalue weighted by Gasteiger charge is 2.36. The van der Waals surface area contributed by atoms with E-state index in [2.05, 4.69) is 30.5 Å². The monoisotopic (exact) mass is 475 g/mol. The number of para-hydroxylation sites is 1. The highest BCUT2D eigenvalue weighted by molar-refractivity contribution is 14.0. The van der Waals surface area contributed by atoms with E-state index >= 15 is 0 Å². The molecule has 1 saturated carbocycles. The van der Waals surface area contributed by atoms with Gasteiger partial charge < -0.3 is 20.1 Å². The summed E-state index contributed by atoms with van der Waals surface area (Å²) in [7, 11) is 1.77. The molecule has 5 nitrogen and oxygen atoms in total. The molecule has 1 fully saturated rings. The summed E-state index contributed by atoms with van der Waals surface area (Å²) < 4.78 is 11.1. The van der Waals surface area contributed by atoms with Gasteiger partial charge in [0.2, 0.25) is 0 Å². The van der Waals surface area contributed by atoms with Crippen LogP contribution >= 0.6 is 24.0 Å². The van der Waals surface area contributed by atoms with Crippen LogP contribution in [0.4, 0.5) is 0 Å². The Bertz CT molecular complexity index is 548. The number of hydrogen-bond donors (Lipinski definition) is 2. The average Bonchev–Trinajstić information content (AvgIpc) is 2.58. The van der Waals surface area contributed by atoms with Crippen molar-refractivity contribution < 1.29 is 9.47 Å². The molecule has 1 aromatic rings. The fraction of sp³-hybridized carbons (Fsp3) is 0.650. The molecule has 0 radical (unpaired) electrons. The minimum atomic E-state index is 0. The minimum absolute atomic E-state index is 0. The number of aliphatic imine (C=N–C) groups is 1. The Morgan fingerprint density at radius 1 is 1.19 bits per heavy atom. The van der Waals surface area contributed by atoms with Gasteiger partial charge in [0.15, 0.2) is 5.96 Å². The van der Waals surface area contributed by atoms with Crippen LogP contribution < -0.4 is 15.4 Å². The molecule has 0 aliphatic heterocycles. The molecular formula is C20H34IN3O2. The molecule has 0 saturated heterocycles. The van der Waals surface area contributed by atoms with Crippen LogP contribution in [0.25, 0.3) is 0 Å². The van der Waals surface area contributed by atoms with Crippen molar-refractivity contribution in [2.75, 3.05) is 40.0 Å². The SMILES string of the molecule is CCNC(=NCC1(CCOC)CCC1)NCCOc1ccccc1C.I. The lowest BCUT2D eigenvalue weighted by Crippen LogP contribution is -2.41. The zero-order chi connectivity index (χ0) is 18.0. The number of nitrogens with zero attached hydrogens (tertiary/aromatic N) is 1. The first kappa shape index (κ1) is 23.0. The number of nitrogens with one attached hydrogen (secondary N) is 2. The highest BCUT2D eigenvalue weighted by Crippen LogP contribution is 2.44. The number of aryl methyl sites for hydroxylation is 1. The first-order valence-corrected chi connectivity index (χ1v) is 9.39. The number of hydrogen-bond acceptors (Lipinski definition) is 3. The quantitative estimate of drug-likeness (QED) is 0.234. The molecule has 1 aliphatic rings. The molecule has 0 heterocycles. The van der Waals surface area contributed by atoms with Gasteiger partial charge >= 0.3 is 0 Å². The number of methoxy groups -OCH3 is 1. The molecule has 1 aromatic carbocycles. The molecule has 0 bridgehead atoms. The van der Waals surface area contributed by atoms with E-state index in [4.69, 9.17) is 14.5 Å². The fourth-order valence-electron chi connectivity index (χ4n) is 3.12. The summed E-state index contributed by atoms with van der Waals surface area (Å²) in [6.45, 7) is 8.04. The molecule has 0 unspecified atom stereocenters. The van der Waals surface area contributed by atoms with Gasteiger partial charge in [-0.15, -0.1) is 24.0 Å². The lowest BCUT2D eigenvalue weighted by Gasteiger charge is -2.40. The Labute approximate surface area is 175 Å². The smallest absolute Gasteiger partial charge is 0.191 e. The Hall–Kier alpha value is -1.02. The van der Waals surface area contributed by atoms with E-state index in [0.29, 0.717) is 12.0 Å². The van der Waals surface area contributed by atoms with Crippen LogP contribution in [0.1, 0.15) is 38.2 Å². The van der Waals surface area contributed by atoms with Crippen LogP contribution in [-0.4, -0.2) is 45.9 Å². The lowest BCUT2D eigenvalue weighted by molar-refractivity contribution is 0.0778. The third-order valence-corrected chi connectivity index (χ3v) is 4.91. The second kappa shape index (κ2) is 12.4. The van der Waals surface area contributed by atoms with Crippen molar-refractivity contribution in [1.82, 2.24) is 10.6 Å². The zero-order valence-corrected chi connectivity index (χ0v) is 18.7. The second-order valence-corrected chi connectivity index (χ2v) is 6.83. The Morgan fingerprint density at radius 2 is 1.96 bits per heavy atom. The maximum absolute atomic E-state index is 5.83. The molecule has 26 heavy (non-hydrogen) atoms. The predicted octanol–water partition coefficient (Wildman–Crippen LogP) is 3.75. The van der Waals surface area contributed by atoms with E-state index in [1.165, 1.54) is 19.3 Å². The summed E-state index contributed by atoms with van der Waals surface area (Å²) in [6.07, 6.45) is 4.93. The van der Waals surface area contributed by atoms with Crippen LogP contribution in [0.15, 0.2) is 29.3 Å². The van der Waals surface area contributed by atoms with Gasteiger partial charge in [-0.05, 0) is 50.2 Å². The van der Waals surface area contributed by atoms with Crippen molar-refractivity contribution in [3.05, 3.63) is 29.8 Å². The van der Waals surface area contributed by atoms with Crippen LogP contribution in [-0.2, 0) is 4.74 Å². The molecule has 0 spiro atoms. The normalized spacial score (nSPS) is 15.6. The van der Waals surface area contributed by atoms with Crippen LogP contribution in [0.2, 0.25) is 0 Å². The number of benzene rings is 1. The van der Waals surface area contributed by atoms with Gasteiger partial charge in [0.05, 0.1) is 6.54 Å². The summed E-state index contributed by atoms with van der Waals surface area (Å²) in [6, 6.07) is 8.09. The van der Waals surface area contributed by atoms with Crippen molar-refractivity contribution in [2.45, 2.75) is 39.5 Å². The molecule has 1 aliphatic carbocycles. The molecule has 0 atom stereocenters. The Balaban J connectivity index is 0.00000338. The third-order valence-electron chi connectivity index (χ3n) is 4.91.